The summed E-state index contributed by atoms with van der Waals surface area (Å²) in [5.41, 5.74) is 7.34. The number of amides is 3. The summed E-state index contributed by atoms with van der Waals surface area (Å²) in [6.45, 7) is 7.31. The van der Waals surface area contributed by atoms with Crippen LogP contribution < -0.4 is 21.7 Å². The fourth-order valence-corrected chi connectivity index (χ4v) is 3.71. The number of rotatable bonds is 14. The minimum atomic E-state index is -1.20. The number of aromatic nitrogens is 2. The number of nitrogens with two attached hydrogens (primary N) is 1. The second kappa shape index (κ2) is 14.1. The van der Waals surface area contributed by atoms with Gasteiger partial charge in [-0.15, -0.1) is 0 Å². The Morgan fingerprint density at radius 2 is 1.59 bits per heavy atom. The van der Waals surface area contributed by atoms with E-state index in [-0.39, 0.29) is 24.7 Å². The van der Waals surface area contributed by atoms with Gasteiger partial charge in [0, 0.05) is 24.7 Å². The number of nitrogens with one attached hydrogen (secondary N) is 4. The summed E-state index contributed by atoms with van der Waals surface area (Å²) in [6.07, 6.45) is 3.77. The van der Waals surface area contributed by atoms with Gasteiger partial charge in [-0.1, -0.05) is 64.4 Å². The van der Waals surface area contributed by atoms with Crippen molar-refractivity contribution in [3.05, 3.63) is 54.1 Å². The fourth-order valence-electron chi connectivity index (χ4n) is 3.71. The number of hydrogen-bond acceptors (Lipinski definition) is 6. The Bertz CT molecular complexity index is 1030. The molecule has 1 aromatic heterocycles. The van der Waals surface area contributed by atoms with Gasteiger partial charge in [0.15, 0.2) is 0 Å². The van der Waals surface area contributed by atoms with Crippen LogP contribution in [0.15, 0.2) is 42.9 Å². The minimum Gasteiger partial charge on any atom is -0.480 e. The molecule has 0 bridgehead atoms. The van der Waals surface area contributed by atoms with E-state index in [9.17, 15) is 24.3 Å². The van der Waals surface area contributed by atoms with E-state index >= 15 is 0 Å². The lowest BCUT2D eigenvalue weighted by Gasteiger charge is -2.27. The molecule has 0 spiro atoms. The molecule has 0 radical (unpaired) electrons. The molecule has 1 heterocycles. The van der Waals surface area contributed by atoms with Gasteiger partial charge < -0.3 is 31.8 Å². The summed E-state index contributed by atoms with van der Waals surface area (Å²) < 4.78 is 0. The highest BCUT2D eigenvalue weighted by molar-refractivity contribution is 5.94. The highest BCUT2D eigenvalue weighted by atomic mass is 16.4. The molecule has 2 aromatic rings. The van der Waals surface area contributed by atoms with E-state index in [1.54, 1.807) is 38.1 Å². The first-order chi connectivity index (χ1) is 17.5. The molecule has 11 heteroatoms. The Balaban J connectivity index is 2.19. The van der Waals surface area contributed by atoms with Crippen LogP contribution in [0.3, 0.4) is 0 Å². The molecule has 37 heavy (non-hydrogen) atoms. The Morgan fingerprint density at radius 1 is 0.946 bits per heavy atom. The van der Waals surface area contributed by atoms with E-state index in [4.69, 9.17) is 5.73 Å². The summed E-state index contributed by atoms with van der Waals surface area (Å²) in [7, 11) is 0. The molecule has 202 valence electrons. The molecule has 11 nitrogen and oxygen atoms in total. The maximum Gasteiger partial charge on any atom is 0.326 e. The van der Waals surface area contributed by atoms with E-state index in [1.807, 2.05) is 19.9 Å². The average molecular weight is 515 g/mol. The number of H-pyrrole nitrogens is 1. The number of aliphatic carboxylic acids is 1. The number of carbonyl (C=O) groups excluding carboxylic acids is 3. The zero-order chi connectivity index (χ0) is 27.5. The third kappa shape index (κ3) is 9.02. The molecule has 0 aliphatic rings. The first kappa shape index (κ1) is 29.5. The second-order valence-electron chi connectivity index (χ2n) is 9.57. The molecule has 2 rings (SSSR count). The maximum atomic E-state index is 13.2. The molecule has 0 fully saturated rings. The smallest absolute Gasteiger partial charge is 0.326 e. The van der Waals surface area contributed by atoms with E-state index in [2.05, 4.69) is 25.9 Å². The van der Waals surface area contributed by atoms with Crippen molar-refractivity contribution in [3.63, 3.8) is 0 Å². The summed E-state index contributed by atoms with van der Waals surface area (Å²) >= 11 is 0. The van der Waals surface area contributed by atoms with Gasteiger partial charge in [-0.2, -0.15) is 0 Å². The molecule has 1 aromatic carbocycles. The van der Waals surface area contributed by atoms with Gasteiger partial charge in [0.05, 0.1) is 12.4 Å². The Morgan fingerprint density at radius 3 is 2.14 bits per heavy atom. The van der Waals surface area contributed by atoms with Crippen molar-refractivity contribution in [2.45, 2.75) is 71.1 Å². The first-order valence-electron chi connectivity index (χ1n) is 12.4. The third-order valence-electron chi connectivity index (χ3n) is 6.32. The van der Waals surface area contributed by atoms with Crippen molar-refractivity contribution >= 4 is 23.7 Å². The van der Waals surface area contributed by atoms with E-state index in [1.165, 1.54) is 12.5 Å². The molecule has 0 saturated heterocycles. The molecule has 0 saturated carbocycles. The first-order valence-corrected chi connectivity index (χ1v) is 12.4. The van der Waals surface area contributed by atoms with Crippen LogP contribution in [0, 0.1) is 11.8 Å². The van der Waals surface area contributed by atoms with Crippen LogP contribution in [0.4, 0.5) is 0 Å². The topological polar surface area (TPSA) is 179 Å². The summed E-state index contributed by atoms with van der Waals surface area (Å²) in [6, 6.07) is 4.87. The largest absolute Gasteiger partial charge is 0.480 e. The summed E-state index contributed by atoms with van der Waals surface area (Å²) in [5.74, 6) is -3.27. The Hall–Kier alpha value is -3.73. The van der Waals surface area contributed by atoms with E-state index < -0.39 is 47.9 Å². The highest BCUT2D eigenvalue weighted by Crippen LogP contribution is 2.10. The van der Waals surface area contributed by atoms with Crippen LogP contribution in [-0.4, -0.2) is 62.9 Å². The number of hydrogen-bond donors (Lipinski definition) is 6. The van der Waals surface area contributed by atoms with Crippen molar-refractivity contribution in [2.75, 3.05) is 0 Å². The van der Waals surface area contributed by atoms with Crippen molar-refractivity contribution in [1.29, 1.82) is 0 Å². The van der Waals surface area contributed by atoms with Gasteiger partial charge in [-0.05, 0) is 17.4 Å². The van der Waals surface area contributed by atoms with Crippen LogP contribution >= 0.6 is 0 Å². The Labute approximate surface area is 217 Å². The van der Waals surface area contributed by atoms with Crippen molar-refractivity contribution in [2.24, 2.45) is 17.6 Å². The quantitative estimate of drug-likeness (QED) is 0.215. The lowest BCUT2D eigenvalue weighted by molar-refractivity contribution is -0.142. The minimum absolute atomic E-state index is 0.0421. The predicted octanol–water partition coefficient (Wildman–Crippen LogP) is 0.763. The number of carbonyl (C=O) groups is 4. The number of imidazole rings is 1. The maximum absolute atomic E-state index is 13.2. The van der Waals surface area contributed by atoms with Crippen molar-refractivity contribution in [3.8, 4) is 0 Å². The zero-order valence-corrected chi connectivity index (χ0v) is 21.7. The molecular weight excluding hydrogens is 476 g/mol. The van der Waals surface area contributed by atoms with Gasteiger partial charge in [0.25, 0.3) is 0 Å². The van der Waals surface area contributed by atoms with Gasteiger partial charge in [0.1, 0.15) is 18.1 Å². The predicted molar refractivity (Wildman–Crippen MR) is 138 cm³/mol. The SMILES string of the molecule is CCC(C)C(N)C(=O)NC(C(=O)NC(Cc1cnc[nH]1)C(=O)NC(Cc1ccccc1)C(=O)O)C(C)C. The summed E-state index contributed by atoms with van der Waals surface area (Å²) in [4.78, 5) is 57.8. The third-order valence-corrected chi connectivity index (χ3v) is 6.32. The number of carboxylic acid groups (broad SMARTS) is 1. The molecule has 7 N–H and O–H groups in total. The number of benzene rings is 1. The number of carboxylic acids is 1. The molecule has 0 aliphatic heterocycles. The molecule has 5 unspecified atom stereocenters. The van der Waals surface area contributed by atoms with Crippen LogP contribution in [0.5, 0.6) is 0 Å². The van der Waals surface area contributed by atoms with Crippen LogP contribution in [0.25, 0.3) is 0 Å². The highest BCUT2D eigenvalue weighted by Gasteiger charge is 2.32. The molecular formula is C26H38N6O5. The fraction of sp³-hybridized carbons (Fsp3) is 0.500. The normalized spacial score (nSPS) is 15.2. The van der Waals surface area contributed by atoms with Gasteiger partial charge >= 0.3 is 5.97 Å². The van der Waals surface area contributed by atoms with Gasteiger partial charge in [-0.25, -0.2) is 9.78 Å². The second-order valence-corrected chi connectivity index (χ2v) is 9.57. The van der Waals surface area contributed by atoms with Crippen LogP contribution in [0.1, 0.15) is 45.4 Å². The summed E-state index contributed by atoms with van der Waals surface area (Å²) in [5, 5.41) is 17.6. The van der Waals surface area contributed by atoms with Gasteiger partial charge in [-0.3, -0.25) is 14.4 Å². The van der Waals surface area contributed by atoms with Crippen LogP contribution in [0.2, 0.25) is 0 Å². The average Bonchev–Trinajstić information content (AvgIpc) is 3.38. The number of nitrogens with zero attached hydrogens (tertiary/aromatic N) is 1. The zero-order valence-electron chi connectivity index (χ0n) is 21.7. The molecule has 3 amide bonds. The molecule has 0 aliphatic carbocycles. The standard InChI is InChI=1S/C26H38N6O5/c1-5-16(4)21(27)24(34)32-22(15(2)3)25(35)30-19(12-18-13-28-14-29-18)23(33)31-20(26(36)37)11-17-9-7-6-8-10-17/h6-10,13-16,19-22H,5,11-12,27H2,1-4H3,(H,28,29)(H,30,35)(H,31,33)(H,32,34)(H,36,37). The van der Waals surface area contributed by atoms with Gasteiger partial charge in [0.2, 0.25) is 17.7 Å². The lowest BCUT2D eigenvalue weighted by Crippen LogP contribution is -2.59. The molecule has 5 atom stereocenters. The van der Waals surface area contributed by atoms with E-state index in [0.29, 0.717) is 12.1 Å². The number of aromatic amines is 1. The van der Waals surface area contributed by atoms with Crippen molar-refractivity contribution < 1.29 is 24.3 Å². The van der Waals surface area contributed by atoms with E-state index in [0.717, 1.165) is 5.56 Å². The lowest BCUT2D eigenvalue weighted by atomic mass is 9.97. The monoisotopic (exact) mass is 514 g/mol. The Kier molecular flexibility index (Phi) is 11.3. The van der Waals surface area contributed by atoms with Crippen molar-refractivity contribution in [1.82, 2.24) is 25.9 Å². The van der Waals surface area contributed by atoms with Crippen LogP contribution in [-0.2, 0) is 32.0 Å².